The minimum atomic E-state index is 0.347. The molecule has 0 radical (unpaired) electrons. The van der Waals surface area contributed by atoms with Crippen molar-refractivity contribution >= 4 is 5.78 Å². The summed E-state index contributed by atoms with van der Waals surface area (Å²) < 4.78 is 0. The Labute approximate surface area is 115 Å². The molecule has 1 heterocycles. The molecule has 1 aliphatic carbocycles. The monoisotopic (exact) mass is 257 g/mol. The van der Waals surface area contributed by atoms with E-state index in [4.69, 9.17) is 0 Å². The number of rotatable bonds is 3. The van der Waals surface area contributed by atoms with E-state index in [9.17, 15) is 4.79 Å². The number of benzene rings is 1. The van der Waals surface area contributed by atoms with E-state index in [1.54, 1.807) is 0 Å². The summed E-state index contributed by atoms with van der Waals surface area (Å²) in [5.41, 5.74) is 3.65. The Balaban J connectivity index is 1.69. The summed E-state index contributed by atoms with van der Waals surface area (Å²) in [5, 5.41) is 3.38. The molecule has 1 aromatic rings. The fourth-order valence-electron chi connectivity index (χ4n) is 3.43. The number of hydrogen-bond acceptors (Lipinski definition) is 2. The number of fused-ring (bicyclic) bond motifs is 1. The van der Waals surface area contributed by atoms with Crippen molar-refractivity contribution in [3.05, 3.63) is 34.9 Å². The molecule has 3 rings (SSSR count). The molecular weight excluding hydrogens is 234 g/mol. The Hall–Kier alpha value is -1.15. The Morgan fingerprint density at radius 3 is 2.84 bits per heavy atom. The number of Topliss-reactive ketones (excluding diaryl/α,β-unsaturated/α-hetero) is 1. The zero-order valence-corrected chi connectivity index (χ0v) is 11.6. The topological polar surface area (TPSA) is 29.1 Å². The molecule has 1 fully saturated rings. The van der Waals surface area contributed by atoms with Crippen molar-refractivity contribution in [1.82, 2.24) is 5.32 Å². The molecular formula is C17H23NO. The van der Waals surface area contributed by atoms with Gasteiger partial charge in [0.2, 0.25) is 0 Å². The number of hydrogen-bond donors (Lipinski definition) is 1. The molecule has 19 heavy (non-hydrogen) atoms. The van der Waals surface area contributed by atoms with Crippen LogP contribution in [0.3, 0.4) is 0 Å². The van der Waals surface area contributed by atoms with Gasteiger partial charge in [-0.15, -0.1) is 0 Å². The second-order valence-electron chi connectivity index (χ2n) is 6.04. The number of carbonyl (C=O) groups is 1. The Morgan fingerprint density at radius 2 is 2.00 bits per heavy atom. The van der Waals surface area contributed by atoms with Gasteiger partial charge < -0.3 is 5.32 Å². The van der Waals surface area contributed by atoms with Gasteiger partial charge in [-0.3, -0.25) is 4.79 Å². The first-order valence-corrected chi connectivity index (χ1v) is 7.68. The SMILES string of the molecule is O=C(CC1CCCCC1)c1ccc2c(c1)CNCC2. The lowest BCUT2D eigenvalue weighted by Crippen LogP contribution is -2.24. The Kier molecular flexibility index (Phi) is 3.97. The minimum absolute atomic E-state index is 0.347. The third kappa shape index (κ3) is 3.06. The second-order valence-corrected chi connectivity index (χ2v) is 6.04. The highest BCUT2D eigenvalue weighted by Gasteiger charge is 2.19. The van der Waals surface area contributed by atoms with Crippen LogP contribution in [0.5, 0.6) is 0 Å². The molecule has 1 aromatic carbocycles. The van der Waals surface area contributed by atoms with Gasteiger partial charge in [-0.1, -0.05) is 44.2 Å². The van der Waals surface area contributed by atoms with Crippen LogP contribution in [0.15, 0.2) is 18.2 Å². The van der Waals surface area contributed by atoms with E-state index < -0.39 is 0 Å². The highest BCUT2D eigenvalue weighted by Crippen LogP contribution is 2.28. The largest absolute Gasteiger partial charge is 0.312 e. The van der Waals surface area contributed by atoms with Crippen molar-refractivity contribution in [3.63, 3.8) is 0 Å². The van der Waals surface area contributed by atoms with Crippen LogP contribution in [-0.4, -0.2) is 12.3 Å². The van der Waals surface area contributed by atoms with E-state index in [1.807, 2.05) is 6.07 Å². The summed E-state index contributed by atoms with van der Waals surface area (Å²) >= 11 is 0. The maximum atomic E-state index is 12.4. The third-order valence-corrected chi connectivity index (χ3v) is 4.61. The van der Waals surface area contributed by atoms with Crippen LogP contribution in [0.4, 0.5) is 0 Å². The quantitative estimate of drug-likeness (QED) is 0.840. The Morgan fingerprint density at radius 1 is 1.16 bits per heavy atom. The van der Waals surface area contributed by atoms with Gasteiger partial charge in [0.05, 0.1) is 0 Å². The molecule has 1 saturated carbocycles. The molecule has 0 saturated heterocycles. The molecule has 0 unspecified atom stereocenters. The van der Waals surface area contributed by atoms with Crippen molar-refractivity contribution in [2.45, 2.75) is 51.5 Å². The normalized spacial score (nSPS) is 20.0. The van der Waals surface area contributed by atoms with Gasteiger partial charge in [0.1, 0.15) is 0 Å². The summed E-state index contributed by atoms with van der Waals surface area (Å²) in [6.45, 7) is 1.97. The van der Waals surface area contributed by atoms with E-state index in [0.29, 0.717) is 11.7 Å². The lowest BCUT2D eigenvalue weighted by molar-refractivity contribution is 0.0950. The van der Waals surface area contributed by atoms with E-state index in [0.717, 1.165) is 31.5 Å². The summed E-state index contributed by atoms with van der Waals surface area (Å²) in [7, 11) is 0. The van der Waals surface area contributed by atoms with Crippen LogP contribution < -0.4 is 5.32 Å². The van der Waals surface area contributed by atoms with Crippen molar-refractivity contribution in [3.8, 4) is 0 Å². The van der Waals surface area contributed by atoms with Gasteiger partial charge in [0, 0.05) is 18.5 Å². The van der Waals surface area contributed by atoms with Crippen molar-refractivity contribution in [2.75, 3.05) is 6.54 Å². The predicted octanol–water partition coefficient (Wildman–Crippen LogP) is 3.49. The number of ketones is 1. The van der Waals surface area contributed by atoms with Crippen molar-refractivity contribution < 1.29 is 4.79 Å². The van der Waals surface area contributed by atoms with Crippen LogP contribution >= 0.6 is 0 Å². The first-order chi connectivity index (χ1) is 9.33. The van der Waals surface area contributed by atoms with Crippen LogP contribution in [0, 0.1) is 5.92 Å². The van der Waals surface area contributed by atoms with Gasteiger partial charge in [-0.05, 0) is 36.1 Å². The molecule has 102 valence electrons. The second kappa shape index (κ2) is 5.87. The minimum Gasteiger partial charge on any atom is -0.312 e. The van der Waals surface area contributed by atoms with Crippen molar-refractivity contribution in [2.24, 2.45) is 5.92 Å². The lowest BCUT2D eigenvalue weighted by Gasteiger charge is -2.21. The molecule has 0 spiro atoms. The first kappa shape index (κ1) is 12.9. The van der Waals surface area contributed by atoms with E-state index in [1.165, 1.54) is 43.2 Å². The Bertz CT molecular complexity index is 460. The molecule has 0 atom stereocenters. The highest BCUT2D eigenvalue weighted by atomic mass is 16.1. The molecule has 0 bridgehead atoms. The summed E-state index contributed by atoms with van der Waals surface area (Å²) in [4.78, 5) is 12.4. The van der Waals surface area contributed by atoms with Gasteiger partial charge in [-0.25, -0.2) is 0 Å². The molecule has 2 aliphatic rings. The summed E-state index contributed by atoms with van der Waals surface area (Å²) in [6.07, 6.45) is 8.32. The fraction of sp³-hybridized carbons (Fsp3) is 0.588. The molecule has 2 heteroatoms. The van der Waals surface area contributed by atoms with Crippen LogP contribution in [0.2, 0.25) is 0 Å². The standard InChI is InChI=1S/C17H23NO/c19-17(10-13-4-2-1-3-5-13)15-7-6-14-8-9-18-12-16(14)11-15/h6-7,11,13,18H,1-5,8-10,12H2. The molecule has 0 amide bonds. The smallest absolute Gasteiger partial charge is 0.163 e. The van der Waals surface area contributed by atoms with Gasteiger partial charge >= 0.3 is 0 Å². The number of nitrogens with one attached hydrogen (secondary N) is 1. The molecule has 1 N–H and O–H groups in total. The van der Waals surface area contributed by atoms with E-state index in [2.05, 4.69) is 17.4 Å². The third-order valence-electron chi connectivity index (χ3n) is 4.61. The predicted molar refractivity (Wildman–Crippen MR) is 77.4 cm³/mol. The number of carbonyl (C=O) groups excluding carboxylic acids is 1. The lowest BCUT2D eigenvalue weighted by atomic mass is 9.84. The van der Waals surface area contributed by atoms with Gasteiger partial charge in [0.15, 0.2) is 5.78 Å². The summed E-state index contributed by atoms with van der Waals surface area (Å²) in [6, 6.07) is 6.31. The van der Waals surface area contributed by atoms with Crippen LogP contribution in [0.1, 0.15) is 60.0 Å². The van der Waals surface area contributed by atoms with Gasteiger partial charge in [-0.2, -0.15) is 0 Å². The zero-order chi connectivity index (χ0) is 13.1. The highest BCUT2D eigenvalue weighted by molar-refractivity contribution is 5.96. The molecule has 1 aliphatic heterocycles. The maximum absolute atomic E-state index is 12.4. The van der Waals surface area contributed by atoms with Crippen molar-refractivity contribution in [1.29, 1.82) is 0 Å². The van der Waals surface area contributed by atoms with E-state index >= 15 is 0 Å². The zero-order valence-electron chi connectivity index (χ0n) is 11.6. The summed E-state index contributed by atoms with van der Waals surface area (Å²) in [5.74, 6) is 0.982. The maximum Gasteiger partial charge on any atom is 0.163 e. The van der Waals surface area contributed by atoms with E-state index in [-0.39, 0.29) is 0 Å². The fourth-order valence-corrected chi connectivity index (χ4v) is 3.43. The average Bonchev–Trinajstić information content (AvgIpc) is 2.48. The van der Waals surface area contributed by atoms with Crippen LogP contribution in [0.25, 0.3) is 0 Å². The average molecular weight is 257 g/mol. The van der Waals surface area contributed by atoms with Crippen LogP contribution in [-0.2, 0) is 13.0 Å². The first-order valence-electron chi connectivity index (χ1n) is 7.68. The van der Waals surface area contributed by atoms with Gasteiger partial charge in [0.25, 0.3) is 0 Å². The molecule has 0 aromatic heterocycles. The molecule has 2 nitrogen and oxygen atoms in total.